The summed E-state index contributed by atoms with van der Waals surface area (Å²) in [5.74, 6) is 1.14. The van der Waals surface area contributed by atoms with Crippen molar-refractivity contribution in [1.29, 1.82) is 0 Å². The van der Waals surface area contributed by atoms with Crippen LogP contribution in [0.15, 0.2) is 83.8 Å². The first-order valence-corrected chi connectivity index (χ1v) is 15.3. The van der Waals surface area contributed by atoms with Crippen molar-refractivity contribution >= 4 is 11.8 Å². The Hall–Kier alpha value is -2.27. The molecule has 1 saturated heterocycles. The minimum Gasteiger partial charge on any atom is -0.494 e. The van der Waals surface area contributed by atoms with Crippen molar-refractivity contribution in [1.82, 2.24) is 5.32 Å². The highest BCUT2D eigenvalue weighted by Crippen LogP contribution is 2.55. The van der Waals surface area contributed by atoms with Gasteiger partial charge in [0.2, 0.25) is 0 Å². The monoisotopic (exact) mass is 535 g/mol. The molecule has 4 heteroatoms. The van der Waals surface area contributed by atoms with E-state index in [9.17, 15) is 5.11 Å². The Labute approximate surface area is 236 Å². The summed E-state index contributed by atoms with van der Waals surface area (Å²) < 4.78 is 5.26. The predicted octanol–water partition coefficient (Wildman–Crippen LogP) is 8.96. The van der Waals surface area contributed by atoms with Crippen LogP contribution < -0.4 is 10.1 Å². The molecule has 0 radical (unpaired) electrons. The third kappa shape index (κ3) is 11.2. The molecule has 3 nitrogen and oxygen atoms in total. The molecular formula is C34H49NO2S. The second kappa shape index (κ2) is 18.9. The summed E-state index contributed by atoms with van der Waals surface area (Å²) in [4.78, 5) is 1.30. The zero-order valence-electron chi connectivity index (χ0n) is 24.2. The van der Waals surface area contributed by atoms with Gasteiger partial charge in [-0.2, -0.15) is 0 Å². The number of aliphatic hydroxyl groups excluding tert-OH is 1. The lowest BCUT2D eigenvalue weighted by atomic mass is 9.88. The zero-order chi connectivity index (χ0) is 27.6. The predicted molar refractivity (Wildman–Crippen MR) is 166 cm³/mol. The molecule has 2 heterocycles. The van der Waals surface area contributed by atoms with E-state index in [-0.39, 0.29) is 12.0 Å². The Kier molecular flexibility index (Phi) is 15.9. The molecule has 3 atom stereocenters. The fraction of sp³-hybridized carbons (Fsp3) is 0.471. The Balaban J connectivity index is 0.000000212. The Morgan fingerprint density at radius 2 is 1.45 bits per heavy atom. The molecule has 0 saturated carbocycles. The molecule has 2 aliphatic heterocycles. The molecule has 208 valence electrons. The number of fused-ring (bicyclic) bond motifs is 1. The number of piperidine rings is 1. The number of rotatable bonds is 5. The normalized spacial score (nSPS) is 18.3. The van der Waals surface area contributed by atoms with Crippen LogP contribution in [0.3, 0.4) is 0 Å². The fourth-order valence-corrected chi connectivity index (χ4v) is 5.86. The van der Waals surface area contributed by atoms with E-state index in [2.05, 4.69) is 74.6 Å². The maximum absolute atomic E-state index is 10.1. The lowest BCUT2D eigenvalue weighted by Crippen LogP contribution is -2.21. The van der Waals surface area contributed by atoms with Crippen molar-refractivity contribution in [3.8, 4) is 5.75 Å². The quantitative estimate of drug-likeness (QED) is 0.342. The summed E-state index contributed by atoms with van der Waals surface area (Å²) in [5.41, 5.74) is 3.85. The maximum atomic E-state index is 10.1. The summed E-state index contributed by atoms with van der Waals surface area (Å²) in [6.45, 7) is 13.5. The highest BCUT2D eigenvalue weighted by atomic mass is 32.2. The van der Waals surface area contributed by atoms with Crippen LogP contribution in [0, 0.1) is 6.92 Å². The number of benzene rings is 3. The van der Waals surface area contributed by atoms with Crippen molar-refractivity contribution in [3.63, 3.8) is 0 Å². The highest BCUT2D eigenvalue weighted by Gasteiger charge is 2.36. The molecule has 0 aromatic heterocycles. The SMILES string of the molecule is C1CCNCC1.CC(O)C1c2ccccc2SC1c1ccccc1.CCCC.CCOc1ccc(C)cc1. The third-order valence-electron chi connectivity index (χ3n) is 6.55. The first kappa shape index (κ1) is 31.9. The van der Waals surface area contributed by atoms with Gasteiger partial charge < -0.3 is 15.2 Å². The van der Waals surface area contributed by atoms with Gasteiger partial charge in [-0.15, -0.1) is 11.8 Å². The van der Waals surface area contributed by atoms with Crippen LogP contribution in [0.4, 0.5) is 0 Å². The van der Waals surface area contributed by atoms with Gasteiger partial charge in [-0.05, 0) is 76.0 Å². The lowest BCUT2D eigenvalue weighted by Gasteiger charge is -2.22. The Morgan fingerprint density at radius 3 is 1.95 bits per heavy atom. The van der Waals surface area contributed by atoms with Crippen LogP contribution >= 0.6 is 11.8 Å². The van der Waals surface area contributed by atoms with Crippen LogP contribution in [0.1, 0.15) is 87.7 Å². The molecule has 0 spiro atoms. The lowest BCUT2D eigenvalue weighted by molar-refractivity contribution is 0.161. The molecule has 0 bridgehead atoms. The van der Waals surface area contributed by atoms with Crippen LogP contribution in [0.5, 0.6) is 5.75 Å². The van der Waals surface area contributed by atoms with E-state index in [1.165, 1.54) is 66.8 Å². The molecule has 38 heavy (non-hydrogen) atoms. The number of hydrogen-bond donors (Lipinski definition) is 2. The number of nitrogens with one attached hydrogen (secondary N) is 1. The smallest absolute Gasteiger partial charge is 0.119 e. The summed E-state index contributed by atoms with van der Waals surface area (Å²) in [6, 6.07) is 27.0. The first-order chi connectivity index (χ1) is 18.5. The Morgan fingerprint density at radius 1 is 0.842 bits per heavy atom. The number of thioether (sulfide) groups is 1. The van der Waals surface area contributed by atoms with E-state index in [0.717, 1.165) is 12.4 Å². The molecule has 3 unspecified atom stereocenters. The van der Waals surface area contributed by atoms with Gasteiger partial charge in [-0.1, -0.05) is 99.3 Å². The molecule has 5 rings (SSSR count). The van der Waals surface area contributed by atoms with Gasteiger partial charge in [0, 0.05) is 16.1 Å². The van der Waals surface area contributed by atoms with Crippen LogP contribution in [0.2, 0.25) is 0 Å². The molecular weight excluding hydrogens is 486 g/mol. The molecule has 0 aliphatic carbocycles. The van der Waals surface area contributed by atoms with E-state index in [1.54, 1.807) is 0 Å². The maximum Gasteiger partial charge on any atom is 0.119 e. The molecule has 2 N–H and O–H groups in total. The standard InChI is InChI=1S/C16H16OS.C9H12O.C5H11N.C4H10/c1-11(17)15-13-9-5-6-10-14(13)18-16(15)12-7-3-2-4-8-12;1-3-10-9-6-4-8(2)5-7-9;1-2-4-6-5-3-1;1-3-4-2/h2-11,15-17H,1H3;4-7H,3H2,1-2H3;6H,1-5H2;3-4H2,1-2H3. The van der Waals surface area contributed by atoms with Crippen molar-refractivity contribution in [2.24, 2.45) is 0 Å². The first-order valence-electron chi connectivity index (χ1n) is 14.4. The largest absolute Gasteiger partial charge is 0.494 e. The molecule has 3 aromatic rings. The second-order valence-electron chi connectivity index (χ2n) is 9.81. The van der Waals surface area contributed by atoms with Crippen molar-refractivity contribution in [2.75, 3.05) is 19.7 Å². The zero-order valence-corrected chi connectivity index (χ0v) is 25.0. The minimum atomic E-state index is -0.327. The Bertz CT molecular complexity index is 973. The van der Waals surface area contributed by atoms with Crippen LogP contribution in [-0.4, -0.2) is 30.9 Å². The van der Waals surface area contributed by atoms with E-state index in [1.807, 2.05) is 55.9 Å². The molecule has 2 aliphatic rings. The number of aliphatic hydroxyl groups is 1. The summed E-state index contributed by atoms with van der Waals surface area (Å²) in [6.07, 6.45) is 6.53. The number of ether oxygens (including phenoxy) is 1. The fourth-order valence-electron chi connectivity index (χ4n) is 4.27. The minimum absolute atomic E-state index is 0.189. The average molecular weight is 536 g/mol. The van der Waals surface area contributed by atoms with Gasteiger partial charge in [0.25, 0.3) is 0 Å². The van der Waals surface area contributed by atoms with Gasteiger partial charge in [-0.3, -0.25) is 0 Å². The summed E-state index contributed by atoms with van der Waals surface area (Å²) >= 11 is 1.87. The van der Waals surface area contributed by atoms with Crippen molar-refractivity contribution in [2.45, 2.75) is 88.9 Å². The van der Waals surface area contributed by atoms with Crippen LogP contribution in [0.25, 0.3) is 0 Å². The topological polar surface area (TPSA) is 41.5 Å². The summed E-state index contributed by atoms with van der Waals surface area (Å²) in [5, 5.41) is 13.7. The van der Waals surface area contributed by atoms with E-state index >= 15 is 0 Å². The van der Waals surface area contributed by atoms with Gasteiger partial charge >= 0.3 is 0 Å². The molecule has 3 aromatic carbocycles. The second-order valence-corrected chi connectivity index (χ2v) is 11.0. The number of unbranched alkanes of at least 4 members (excludes halogenated alkanes) is 1. The average Bonchev–Trinajstić information content (AvgIpc) is 3.37. The van der Waals surface area contributed by atoms with Gasteiger partial charge in [0.15, 0.2) is 0 Å². The number of aryl methyl sites for hydroxylation is 1. The van der Waals surface area contributed by atoms with Crippen molar-refractivity contribution < 1.29 is 9.84 Å². The highest BCUT2D eigenvalue weighted by molar-refractivity contribution is 8.00. The van der Waals surface area contributed by atoms with Gasteiger partial charge in [-0.25, -0.2) is 0 Å². The molecule has 0 amide bonds. The van der Waals surface area contributed by atoms with E-state index in [4.69, 9.17) is 4.74 Å². The number of hydrogen-bond acceptors (Lipinski definition) is 4. The van der Waals surface area contributed by atoms with E-state index in [0.29, 0.717) is 5.25 Å². The van der Waals surface area contributed by atoms with Crippen LogP contribution in [-0.2, 0) is 0 Å². The van der Waals surface area contributed by atoms with Crippen molar-refractivity contribution in [3.05, 3.63) is 95.6 Å². The van der Waals surface area contributed by atoms with Gasteiger partial charge in [0.05, 0.1) is 12.7 Å². The van der Waals surface area contributed by atoms with E-state index < -0.39 is 0 Å². The van der Waals surface area contributed by atoms with Gasteiger partial charge in [0.1, 0.15) is 5.75 Å². The summed E-state index contributed by atoms with van der Waals surface area (Å²) in [7, 11) is 0. The molecule has 1 fully saturated rings. The third-order valence-corrected chi connectivity index (χ3v) is 7.99.